The summed E-state index contributed by atoms with van der Waals surface area (Å²) in [5, 5.41) is 0. The van der Waals surface area contributed by atoms with Crippen LogP contribution in [0.5, 0.6) is 0 Å². The van der Waals surface area contributed by atoms with Gasteiger partial charge in [0.2, 0.25) is 0 Å². The van der Waals surface area contributed by atoms with E-state index in [2.05, 4.69) is 51.1 Å². The molecule has 0 aromatic heterocycles. The first kappa shape index (κ1) is 11.5. The molecule has 0 nitrogen and oxygen atoms in total. The molecule has 0 amide bonds. The minimum atomic E-state index is 1.10. The van der Waals surface area contributed by atoms with Crippen LogP contribution in [0.1, 0.15) is 38.9 Å². The average molecular weight is 236 g/mol. The zero-order valence-electron chi connectivity index (χ0n) is 11.5. The van der Waals surface area contributed by atoms with E-state index < -0.39 is 0 Å². The Morgan fingerprint density at radius 3 is 2.39 bits per heavy atom. The third-order valence-corrected chi connectivity index (χ3v) is 4.35. The number of hydrogen-bond donors (Lipinski definition) is 0. The zero-order valence-corrected chi connectivity index (χ0v) is 11.5. The molecule has 1 aliphatic carbocycles. The van der Waals surface area contributed by atoms with Crippen molar-refractivity contribution < 1.29 is 0 Å². The monoisotopic (exact) mass is 236 g/mol. The molecule has 92 valence electrons. The van der Waals surface area contributed by atoms with E-state index in [1.807, 2.05) is 0 Å². The zero-order chi connectivity index (χ0) is 12.7. The molecule has 2 aromatic carbocycles. The molecule has 1 aliphatic rings. The van der Waals surface area contributed by atoms with Crippen molar-refractivity contribution in [2.24, 2.45) is 0 Å². The van der Waals surface area contributed by atoms with Crippen LogP contribution in [0.3, 0.4) is 0 Å². The normalized spacial score (nSPS) is 13.7. The number of benzene rings is 2. The van der Waals surface area contributed by atoms with Crippen LogP contribution in [0.15, 0.2) is 30.3 Å². The van der Waals surface area contributed by atoms with Crippen LogP contribution in [0.4, 0.5) is 0 Å². The van der Waals surface area contributed by atoms with Crippen LogP contribution in [0.25, 0.3) is 0 Å². The summed E-state index contributed by atoms with van der Waals surface area (Å²) < 4.78 is 0. The van der Waals surface area contributed by atoms with Gasteiger partial charge in [0, 0.05) is 0 Å². The highest BCUT2D eigenvalue weighted by molar-refractivity contribution is 5.46. The molecule has 0 heteroatoms. The predicted molar refractivity (Wildman–Crippen MR) is 77.3 cm³/mol. The Morgan fingerprint density at radius 1 is 0.778 bits per heavy atom. The lowest BCUT2D eigenvalue weighted by Gasteiger charge is -2.11. The lowest BCUT2D eigenvalue weighted by atomic mass is 9.94. The third-order valence-electron chi connectivity index (χ3n) is 4.35. The van der Waals surface area contributed by atoms with Crippen molar-refractivity contribution in [1.29, 1.82) is 0 Å². The molecule has 0 radical (unpaired) electrons. The van der Waals surface area contributed by atoms with Gasteiger partial charge in [-0.05, 0) is 73.4 Å². The maximum absolute atomic E-state index is 2.36. The Balaban J connectivity index is 2.12. The molecule has 0 spiro atoms. The van der Waals surface area contributed by atoms with E-state index in [9.17, 15) is 0 Å². The van der Waals surface area contributed by atoms with Gasteiger partial charge < -0.3 is 0 Å². The molecule has 3 rings (SSSR count). The van der Waals surface area contributed by atoms with Crippen LogP contribution in [0.2, 0.25) is 0 Å². The minimum Gasteiger partial charge on any atom is -0.0590 e. The largest absolute Gasteiger partial charge is 0.0590 e. The molecular weight excluding hydrogens is 216 g/mol. The first-order chi connectivity index (χ1) is 8.65. The second kappa shape index (κ2) is 4.28. The van der Waals surface area contributed by atoms with Gasteiger partial charge in [0.1, 0.15) is 0 Å². The van der Waals surface area contributed by atoms with E-state index in [-0.39, 0.29) is 0 Å². The molecule has 0 saturated carbocycles. The quantitative estimate of drug-likeness (QED) is 0.639. The SMILES string of the molecule is Cc1ccc2c(c1)Cc1ccc(C)c(C)c1CC2. The smallest absolute Gasteiger partial charge is 0.00201 e. The van der Waals surface area contributed by atoms with Crippen molar-refractivity contribution >= 4 is 0 Å². The fourth-order valence-electron chi connectivity index (χ4n) is 3.07. The number of aryl methyl sites for hydroxylation is 3. The van der Waals surface area contributed by atoms with Crippen molar-refractivity contribution in [3.05, 3.63) is 69.3 Å². The average Bonchev–Trinajstić information content (AvgIpc) is 2.53. The van der Waals surface area contributed by atoms with Gasteiger partial charge in [-0.3, -0.25) is 0 Å². The van der Waals surface area contributed by atoms with Crippen molar-refractivity contribution in [2.45, 2.75) is 40.0 Å². The van der Waals surface area contributed by atoms with Crippen LogP contribution in [0, 0.1) is 20.8 Å². The lowest BCUT2D eigenvalue weighted by Crippen LogP contribution is -1.98. The maximum Gasteiger partial charge on any atom is -0.00201 e. The lowest BCUT2D eigenvalue weighted by molar-refractivity contribution is 0.949. The van der Waals surface area contributed by atoms with Crippen LogP contribution in [-0.4, -0.2) is 0 Å². The van der Waals surface area contributed by atoms with Gasteiger partial charge in [0.05, 0.1) is 0 Å². The van der Waals surface area contributed by atoms with Gasteiger partial charge in [-0.25, -0.2) is 0 Å². The van der Waals surface area contributed by atoms with Crippen LogP contribution < -0.4 is 0 Å². The van der Waals surface area contributed by atoms with E-state index in [1.165, 1.54) is 46.2 Å². The van der Waals surface area contributed by atoms with Gasteiger partial charge >= 0.3 is 0 Å². The maximum atomic E-state index is 2.36. The molecule has 0 N–H and O–H groups in total. The number of rotatable bonds is 0. The highest BCUT2D eigenvalue weighted by atomic mass is 14.2. The predicted octanol–water partition coefficient (Wildman–Crippen LogP) is 4.30. The van der Waals surface area contributed by atoms with E-state index in [0.29, 0.717) is 0 Å². The van der Waals surface area contributed by atoms with Gasteiger partial charge in [-0.1, -0.05) is 35.9 Å². The molecule has 18 heavy (non-hydrogen) atoms. The summed E-state index contributed by atoms with van der Waals surface area (Å²) in [5.41, 5.74) is 10.5. The number of fused-ring (bicyclic) bond motifs is 2. The number of hydrogen-bond acceptors (Lipinski definition) is 0. The molecule has 0 saturated heterocycles. The third kappa shape index (κ3) is 1.86. The van der Waals surface area contributed by atoms with E-state index in [1.54, 1.807) is 5.56 Å². The van der Waals surface area contributed by atoms with E-state index in [0.717, 1.165) is 6.42 Å². The highest BCUT2D eigenvalue weighted by Gasteiger charge is 2.15. The van der Waals surface area contributed by atoms with Crippen molar-refractivity contribution in [2.75, 3.05) is 0 Å². The molecular formula is C18H20. The van der Waals surface area contributed by atoms with Crippen molar-refractivity contribution in [3.63, 3.8) is 0 Å². The minimum absolute atomic E-state index is 1.10. The first-order valence-corrected chi connectivity index (χ1v) is 6.81. The summed E-state index contributed by atoms with van der Waals surface area (Å²) in [6, 6.07) is 11.5. The summed E-state index contributed by atoms with van der Waals surface area (Å²) in [4.78, 5) is 0. The van der Waals surface area contributed by atoms with Crippen molar-refractivity contribution in [3.8, 4) is 0 Å². The Labute approximate surface area is 110 Å². The van der Waals surface area contributed by atoms with E-state index >= 15 is 0 Å². The summed E-state index contributed by atoms with van der Waals surface area (Å²) in [5.74, 6) is 0. The molecule has 0 heterocycles. The van der Waals surface area contributed by atoms with Gasteiger partial charge in [0.25, 0.3) is 0 Å². The van der Waals surface area contributed by atoms with Gasteiger partial charge in [-0.15, -0.1) is 0 Å². The van der Waals surface area contributed by atoms with E-state index in [4.69, 9.17) is 0 Å². The van der Waals surface area contributed by atoms with Crippen molar-refractivity contribution in [1.82, 2.24) is 0 Å². The first-order valence-electron chi connectivity index (χ1n) is 6.81. The Kier molecular flexibility index (Phi) is 2.74. The summed E-state index contributed by atoms with van der Waals surface area (Å²) in [7, 11) is 0. The van der Waals surface area contributed by atoms with Crippen LogP contribution >= 0.6 is 0 Å². The molecule has 0 unspecified atom stereocenters. The molecule has 2 aromatic rings. The van der Waals surface area contributed by atoms with Gasteiger partial charge in [-0.2, -0.15) is 0 Å². The summed E-state index contributed by atoms with van der Waals surface area (Å²) in [6.07, 6.45) is 3.49. The topological polar surface area (TPSA) is 0 Å². The molecule has 0 atom stereocenters. The molecule has 0 fully saturated rings. The Hall–Kier alpha value is -1.56. The molecule has 0 bridgehead atoms. The second-order valence-corrected chi connectivity index (χ2v) is 5.59. The highest BCUT2D eigenvalue weighted by Crippen LogP contribution is 2.28. The van der Waals surface area contributed by atoms with Gasteiger partial charge in [0.15, 0.2) is 0 Å². The standard InChI is InChI=1S/C18H20/c1-12-4-6-15-8-9-18-14(3)13(2)5-7-16(18)11-17(15)10-12/h4-7,10H,8-9,11H2,1-3H3. The fourth-order valence-corrected chi connectivity index (χ4v) is 3.07. The Morgan fingerprint density at radius 2 is 1.56 bits per heavy atom. The second-order valence-electron chi connectivity index (χ2n) is 5.59. The summed E-state index contributed by atoms with van der Waals surface area (Å²) >= 11 is 0. The molecule has 0 aliphatic heterocycles. The summed E-state index contributed by atoms with van der Waals surface area (Å²) in [6.45, 7) is 6.68. The Bertz CT molecular complexity index is 606. The van der Waals surface area contributed by atoms with Crippen LogP contribution in [-0.2, 0) is 19.3 Å². The fraction of sp³-hybridized carbons (Fsp3) is 0.333.